The van der Waals surface area contributed by atoms with Crippen LogP contribution in [0.1, 0.15) is 26.3 Å². The van der Waals surface area contributed by atoms with Gasteiger partial charge in [0.2, 0.25) is 0 Å². The zero-order valence-corrected chi connectivity index (χ0v) is 9.60. The summed E-state index contributed by atoms with van der Waals surface area (Å²) in [7, 11) is 0. The van der Waals surface area contributed by atoms with Gasteiger partial charge in [-0.25, -0.2) is 9.59 Å². The van der Waals surface area contributed by atoms with E-state index >= 15 is 0 Å². The van der Waals surface area contributed by atoms with Crippen molar-refractivity contribution in [2.45, 2.75) is 6.42 Å². The molecular weight excluding hydrogens is 228 g/mol. The summed E-state index contributed by atoms with van der Waals surface area (Å²) in [6.07, 6.45) is 6.55. The van der Waals surface area contributed by atoms with Gasteiger partial charge in [-0.05, 0) is 35.3 Å². The second-order valence-electron chi connectivity index (χ2n) is 4.25. The Bertz CT molecular complexity index is 648. The van der Waals surface area contributed by atoms with E-state index in [2.05, 4.69) is 11.3 Å². The molecule has 1 heterocycles. The molecule has 0 aromatic heterocycles. The van der Waals surface area contributed by atoms with Crippen molar-refractivity contribution >= 4 is 11.9 Å². The van der Waals surface area contributed by atoms with Crippen molar-refractivity contribution in [3.05, 3.63) is 70.8 Å². The number of esters is 2. The zero-order valence-electron chi connectivity index (χ0n) is 9.60. The van der Waals surface area contributed by atoms with E-state index in [-0.39, 0.29) is 0 Å². The van der Waals surface area contributed by atoms with Crippen molar-refractivity contribution in [2.75, 3.05) is 0 Å². The van der Waals surface area contributed by atoms with E-state index in [9.17, 15) is 9.59 Å². The Balaban J connectivity index is 1.88. The summed E-state index contributed by atoms with van der Waals surface area (Å²) >= 11 is 0. The first-order valence-electron chi connectivity index (χ1n) is 5.62. The zero-order chi connectivity index (χ0) is 12.7. The Morgan fingerprint density at radius 2 is 1.89 bits per heavy atom. The molecule has 1 aliphatic heterocycles. The molecule has 0 amide bonds. The first-order valence-corrected chi connectivity index (χ1v) is 5.62. The molecule has 0 fully saturated rings. The molecule has 3 rings (SSSR count). The van der Waals surface area contributed by atoms with Crippen LogP contribution in [0.4, 0.5) is 0 Å². The number of hydrogen-bond donors (Lipinski definition) is 0. The van der Waals surface area contributed by atoms with Gasteiger partial charge in [-0.3, -0.25) is 0 Å². The molecule has 1 aliphatic carbocycles. The fourth-order valence-corrected chi connectivity index (χ4v) is 2.12. The monoisotopic (exact) mass is 238 g/mol. The van der Waals surface area contributed by atoms with Gasteiger partial charge in [0.05, 0.1) is 11.1 Å². The van der Waals surface area contributed by atoms with Crippen LogP contribution in [0.15, 0.2) is 54.2 Å². The number of hydrogen-bond acceptors (Lipinski definition) is 3. The van der Waals surface area contributed by atoms with E-state index in [1.807, 2.05) is 18.2 Å². The Kier molecular flexibility index (Phi) is 2.27. The summed E-state index contributed by atoms with van der Waals surface area (Å²) in [6.45, 7) is 3.73. The molecule has 1 aromatic carbocycles. The number of ether oxygens (including phenoxy) is 1. The molecule has 0 unspecified atom stereocenters. The van der Waals surface area contributed by atoms with Gasteiger partial charge < -0.3 is 4.74 Å². The number of rotatable bonds is 3. The van der Waals surface area contributed by atoms with Crippen LogP contribution in [0.5, 0.6) is 0 Å². The van der Waals surface area contributed by atoms with Gasteiger partial charge in [0.25, 0.3) is 0 Å². The molecule has 0 spiro atoms. The number of fused-ring (bicyclic) bond motifs is 1. The minimum Gasteiger partial charge on any atom is -0.386 e. The number of carbonyl (C=O) groups is 2. The van der Waals surface area contributed by atoms with Crippen LogP contribution < -0.4 is 0 Å². The van der Waals surface area contributed by atoms with Gasteiger partial charge >= 0.3 is 11.9 Å². The van der Waals surface area contributed by atoms with Crippen LogP contribution in [0, 0.1) is 0 Å². The first kappa shape index (κ1) is 10.7. The van der Waals surface area contributed by atoms with Gasteiger partial charge in [0, 0.05) is 0 Å². The van der Waals surface area contributed by atoms with Crippen LogP contribution >= 0.6 is 0 Å². The highest BCUT2D eigenvalue weighted by Gasteiger charge is 2.29. The highest BCUT2D eigenvalue weighted by Crippen LogP contribution is 2.27. The fourth-order valence-electron chi connectivity index (χ4n) is 2.12. The summed E-state index contributed by atoms with van der Waals surface area (Å²) in [6, 6.07) is 5.22. The lowest BCUT2D eigenvalue weighted by Crippen LogP contribution is -2.01. The fraction of sp³-hybridized carbons (Fsp3) is 0.0667. The van der Waals surface area contributed by atoms with Crippen LogP contribution in [-0.2, 0) is 11.2 Å². The lowest BCUT2D eigenvalue weighted by Gasteiger charge is -2.14. The normalized spacial score (nSPS) is 16.4. The standard InChI is InChI=1S/C15H10O3/c1-2-10-4-5-11(10)7-9-3-6-12-13(8-9)15(17)18-14(12)16/h2-6,8H,1,7H2. The summed E-state index contributed by atoms with van der Waals surface area (Å²) in [4.78, 5) is 22.7. The third-order valence-electron chi connectivity index (χ3n) is 3.16. The molecule has 88 valence electrons. The second-order valence-corrected chi connectivity index (χ2v) is 4.25. The maximum absolute atomic E-state index is 11.4. The second kappa shape index (κ2) is 3.81. The largest absolute Gasteiger partial charge is 0.386 e. The first-order chi connectivity index (χ1) is 8.69. The van der Waals surface area contributed by atoms with Crippen LogP contribution in [0.25, 0.3) is 0 Å². The molecule has 0 atom stereocenters. The van der Waals surface area contributed by atoms with Crippen LogP contribution in [0.3, 0.4) is 0 Å². The van der Waals surface area contributed by atoms with Gasteiger partial charge in [-0.2, -0.15) is 0 Å². The van der Waals surface area contributed by atoms with E-state index in [1.54, 1.807) is 18.2 Å². The Morgan fingerprint density at radius 1 is 1.11 bits per heavy atom. The minimum absolute atomic E-state index is 0.353. The van der Waals surface area contributed by atoms with Crippen molar-refractivity contribution in [1.29, 1.82) is 0 Å². The molecule has 0 saturated carbocycles. The number of carbonyl (C=O) groups excluding carboxylic acids is 2. The quantitative estimate of drug-likeness (QED) is 0.600. The topological polar surface area (TPSA) is 43.4 Å². The molecule has 0 radical (unpaired) electrons. The van der Waals surface area contributed by atoms with E-state index in [0.717, 1.165) is 17.6 Å². The Labute approximate surface area is 104 Å². The highest BCUT2D eigenvalue weighted by molar-refractivity contribution is 6.14. The van der Waals surface area contributed by atoms with Crippen molar-refractivity contribution in [2.24, 2.45) is 0 Å². The summed E-state index contributed by atoms with van der Waals surface area (Å²) < 4.78 is 4.55. The predicted molar refractivity (Wildman–Crippen MR) is 66.3 cm³/mol. The maximum atomic E-state index is 11.4. The summed E-state index contributed by atoms with van der Waals surface area (Å²) in [5.41, 5.74) is 4.00. The average Bonchev–Trinajstić information content (AvgIpc) is 2.61. The highest BCUT2D eigenvalue weighted by atomic mass is 16.6. The third kappa shape index (κ3) is 1.52. The summed E-state index contributed by atoms with van der Waals surface area (Å²) in [5, 5.41) is 0. The van der Waals surface area contributed by atoms with Gasteiger partial charge in [-0.15, -0.1) is 0 Å². The smallest absolute Gasteiger partial charge is 0.346 e. The lowest BCUT2D eigenvalue weighted by atomic mass is 9.90. The Morgan fingerprint density at radius 3 is 2.56 bits per heavy atom. The van der Waals surface area contributed by atoms with Crippen molar-refractivity contribution < 1.29 is 14.3 Å². The average molecular weight is 238 g/mol. The maximum Gasteiger partial charge on any atom is 0.346 e. The van der Waals surface area contributed by atoms with E-state index in [1.165, 1.54) is 5.57 Å². The molecule has 2 aliphatic rings. The Hall–Kier alpha value is -2.42. The molecule has 1 aromatic rings. The third-order valence-corrected chi connectivity index (χ3v) is 3.16. The van der Waals surface area contributed by atoms with Crippen molar-refractivity contribution in [3.8, 4) is 0 Å². The van der Waals surface area contributed by atoms with E-state index in [4.69, 9.17) is 0 Å². The molecule has 3 heteroatoms. The molecular formula is C15H10O3. The number of allylic oxidation sites excluding steroid dienone is 5. The van der Waals surface area contributed by atoms with Gasteiger partial charge in [0.15, 0.2) is 0 Å². The number of benzene rings is 1. The molecule has 0 N–H and O–H groups in total. The van der Waals surface area contributed by atoms with Crippen LogP contribution in [0.2, 0.25) is 0 Å². The van der Waals surface area contributed by atoms with Crippen LogP contribution in [-0.4, -0.2) is 11.9 Å². The minimum atomic E-state index is -0.559. The SMILES string of the molecule is C=CC1=CC=C1Cc1ccc2c(c1)C(=O)OC2=O. The van der Waals surface area contributed by atoms with Gasteiger partial charge in [-0.1, -0.05) is 30.9 Å². The molecule has 3 nitrogen and oxygen atoms in total. The van der Waals surface area contributed by atoms with Crippen molar-refractivity contribution in [1.82, 2.24) is 0 Å². The van der Waals surface area contributed by atoms with E-state index < -0.39 is 11.9 Å². The molecule has 18 heavy (non-hydrogen) atoms. The molecule has 0 bridgehead atoms. The molecule has 0 saturated heterocycles. The predicted octanol–water partition coefficient (Wildman–Crippen LogP) is 2.59. The van der Waals surface area contributed by atoms with E-state index in [0.29, 0.717) is 11.1 Å². The van der Waals surface area contributed by atoms with Crippen molar-refractivity contribution in [3.63, 3.8) is 0 Å². The van der Waals surface area contributed by atoms with Gasteiger partial charge in [0.1, 0.15) is 0 Å². The lowest BCUT2D eigenvalue weighted by molar-refractivity contribution is 0.0444. The summed E-state index contributed by atoms with van der Waals surface area (Å²) in [5.74, 6) is -1.12. The number of cyclic esters (lactones) is 2.